The summed E-state index contributed by atoms with van der Waals surface area (Å²) in [4.78, 5) is 31.9. The number of aryl methyl sites for hydroxylation is 1. The van der Waals surface area contributed by atoms with Crippen molar-refractivity contribution in [2.45, 2.75) is 39.5 Å². The van der Waals surface area contributed by atoms with E-state index in [1.165, 1.54) is 0 Å². The molecule has 3 N–H and O–H groups in total. The summed E-state index contributed by atoms with van der Waals surface area (Å²) in [5.41, 5.74) is 6.93. The maximum absolute atomic E-state index is 13.5. The zero-order valence-corrected chi connectivity index (χ0v) is 28.1. The van der Waals surface area contributed by atoms with Gasteiger partial charge in [-0.3, -0.25) is 19.6 Å². The lowest BCUT2D eigenvalue weighted by molar-refractivity contribution is 0.0545. The molecule has 0 aliphatic carbocycles. The standard InChI is InChI=1S/C35H38Cl2N6O4/c1-20-14-43(15-20)18-31-35(47-3)41-29(13-38-31)26-8-4-6-24(32(26)36)25-7-5-9-27(33(25)37)40-34(46)28-12-21(2)23-10-11-42(16-22(45)19-44)17-30(23)39-28/h4-9,12-13,20,22,44-45H,10-11,14-19H2,1-3H3,(H,40,46). The monoisotopic (exact) mass is 676 g/mol. The predicted octanol–water partition coefficient (Wildman–Crippen LogP) is 5.24. The molecule has 4 heterocycles. The van der Waals surface area contributed by atoms with Crippen LogP contribution in [0.15, 0.2) is 48.7 Å². The Kier molecular flexibility index (Phi) is 10.1. The van der Waals surface area contributed by atoms with Gasteiger partial charge in [0, 0.05) is 56.0 Å². The Labute approximate surface area is 284 Å². The predicted molar refractivity (Wildman–Crippen MR) is 183 cm³/mol. The number of hydrogen-bond donors (Lipinski definition) is 3. The summed E-state index contributed by atoms with van der Waals surface area (Å²) < 4.78 is 5.60. The minimum Gasteiger partial charge on any atom is -0.480 e. The van der Waals surface area contributed by atoms with Crippen molar-refractivity contribution in [3.05, 3.63) is 86.9 Å². The lowest BCUT2D eigenvalue weighted by Gasteiger charge is -2.36. The fourth-order valence-corrected chi connectivity index (χ4v) is 6.95. The molecule has 4 aromatic rings. The molecule has 1 atom stereocenters. The van der Waals surface area contributed by atoms with E-state index in [1.54, 1.807) is 25.4 Å². The Morgan fingerprint density at radius 1 is 1.09 bits per heavy atom. The summed E-state index contributed by atoms with van der Waals surface area (Å²) in [6, 6.07) is 12.8. The summed E-state index contributed by atoms with van der Waals surface area (Å²) in [6.45, 7) is 8.19. The molecule has 0 radical (unpaired) electrons. The van der Waals surface area contributed by atoms with Gasteiger partial charge in [-0.2, -0.15) is 0 Å². The van der Waals surface area contributed by atoms with Crippen LogP contribution in [0.25, 0.3) is 22.4 Å². The molecule has 2 aliphatic heterocycles. The number of benzene rings is 2. The molecule has 0 spiro atoms. The van der Waals surface area contributed by atoms with Gasteiger partial charge < -0.3 is 20.3 Å². The molecule has 12 heteroatoms. The second-order valence-electron chi connectivity index (χ2n) is 12.4. The van der Waals surface area contributed by atoms with Crippen molar-refractivity contribution in [3.8, 4) is 28.3 Å². The fraction of sp³-hybridized carbons (Fsp3) is 0.371. The molecule has 1 unspecified atom stereocenters. The number of methoxy groups -OCH3 is 1. The van der Waals surface area contributed by atoms with Gasteiger partial charge in [-0.15, -0.1) is 0 Å². The van der Waals surface area contributed by atoms with Crippen LogP contribution in [0, 0.1) is 12.8 Å². The molecule has 0 bridgehead atoms. The SMILES string of the molecule is COc1nc(-c2cccc(-c3cccc(NC(=O)c4cc(C)c5c(n4)CN(CC(O)CO)CC5)c3Cl)c2Cl)cnc1CN1CC(C)C1. The second-order valence-corrected chi connectivity index (χ2v) is 13.1. The number of aliphatic hydroxyl groups is 2. The van der Waals surface area contributed by atoms with E-state index in [1.807, 2.05) is 42.2 Å². The molecular weight excluding hydrogens is 639 g/mol. The first-order valence-corrected chi connectivity index (χ1v) is 16.4. The highest BCUT2D eigenvalue weighted by Crippen LogP contribution is 2.41. The second kappa shape index (κ2) is 14.2. The van der Waals surface area contributed by atoms with E-state index in [-0.39, 0.29) is 12.3 Å². The van der Waals surface area contributed by atoms with E-state index in [9.17, 15) is 15.0 Å². The minimum absolute atomic E-state index is 0.270. The first-order valence-electron chi connectivity index (χ1n) is 15.7. The topological polar surface area (TPSA) is 124 Å². The number of carbonyl (C=O) groups is 1. The van der Waals surface area contributed by atoms with Crippen molar-refractivity contribution in [2.75, 3.05) is 45.2 Å². The lowest BCUT2D eigenvalue weighted by atomic mass is 9.98. The number of amides is 1. The van der Waals surface area contributed by atoms with Crippen molar-refractivity contribution in [2.24, 2.45) is 5.92 Å². The molecule has 1 amide bonds. The molecule has 0 saturated carbocycles. The van der Waals surface area contributed by atoms with E-state index in [0.29, 0.717) is 69.5 Å². The molecule has 246 valence electrons. The van der Waals surface area contributed by atoms with Gasteiger partial charge in [-0.05, 0) is 42.5 Å². The van der Waals surface area contributed by atoms with Crippen LogP contribution >= 0.6 is 23.2 Å². The Morgan fingerprint density at radius 3 is 2.53 bits per heavy atom. The first-order chi connectivity index (χ1) is 22.6. The van der Waals surface area contributed by atoms with Crippen LogP contribution in [-0.2, 0) is 19.5 Å². The Balaban J connectivity index is 1.24. The number of rotatable bonds is 10. The van der Waals surface area contributed by atoms with Gasteiger partial charge in [0.1, 0.15) is 11.4 Å². The number of likely N-dealkylation sites (tertiary alicyclic amines) is 1. The maximum Gasteiger partial charge on any atom is 0.274 e. The average molecular weight is 678 g/mol. The van der Waals surface area contributed by atoms with Crippen LogP contribution in [0.3, 0.4) is 0 Å². The Morgan fingerprint density at radius 2 is 1.81 bits per heavy atom. The van der Waals surface area contributed by atoms with E-state index >= 15 is 0 Å². The van der Waals surface area contributed by atoms with Crippen molar-refractivity contribution in [3.63, 3.8) is 0 Å². The average Bonchev–Trinajstić information content (AvgIpc) is 3.05. The van der Waals surface area contributed by atoms with Gasteiger partial charge >= 0.3 is 0 Å². The minimum atomic E-state index is -0.826. The van der Waals surface area contributed by atoms with Crippen LogP contribution in [0.1, 0.15) is 39.9 Å². The highest BCUT2D eigenvalue weighted by Gasteiger charge is 2.26. The number of hydrogen-bond acceptors (Lipinski definition) is 9. The smallest absolute Gasteiger partial charge is 0.274 e. The molecule has 2 aromatic heterocycles. The van der Waals surface area contributed by atoms with Crippen molar-refractivity contribution in [1.29, 1.82) is 0 Å². The molecule has 2 aromatic carbocycles. The summed E-state index contributed by atoms with van der Waals surface area (Å²) >= 11 is 13.9. The summed E-state index contributed by atoms with van der Waals surface area (Å²) in [5.74, 6) is 0.759. The number of ether oxygens (including phenoxy) is 1. The number of anilines is 1. The number of pyridine rings is 1. The zero-order chi connectivity index (χ0) is 33.2. The quantitative estimate of drug-likeness (QED) is 0.207. The number of aromatic nitrogens is 3. The number of fused-ring (bicyclic) bond motifs is 1. The Bertz CT molecular complexity index is 1800. The molecule has 1 saturated heterocycles. The van der Waals surface area contributed by atoms with Crippen LogP contribution in [-0.4, -0.2) is 86.9 Å². The van der Waals surface area contributed by atoms with Gasteiger partial charge in [-0.1, -0.05) is 60.5 Å². The van der Waals surface area contributed by atoms with Crippen molar-refractivity contribution >= 4 is 34.8 Å². The number of nitrogens with zero attached hydrogens (tertiary/aromatic N) is 5. The molecular formula is C35H38Cl2N6O4. The summed E-state index contributed by atoms with van der Waals surface area (Å²) in [5, 5.41) is 22.9. The van der Waals surface area contributed by atoms with E-state index < -0.39 is 12.0 Å². The normalized spacial score (nSPS) is 16.0. The van der Waals surface area contributed by atoms with Crippen LogP contribution in [0.2, 0.25) is 10.0 Å². The number of halogens is 2. The molecule has 10 nitrogen and oxygen atoms in total. The fourth-order valence-electron chi connectivity index (χ4n) is 6.35. The van der Waals surface area contributed by atoms with Crippen LogP contribution in [0.5, 0.6) is 5.88 Å². The third-order valence-corrected chi connectivity index (χ3v) is 9.54. The lowest BCUT2D eigenvalue weighted by Crippen LogP contribution is -2.44. The van der Waals surface area contributed by atoms with Crippen molar-refractivity contribution < 1.29 is 19.7 Å². The molecule has 2 aliphatic rings. The van der Waals surface area contributed by atoms with Crippen LogP contribution in [0.4, 0.5) is 5.69 Å². The number of carbonyl (C=O) groups excluding carboxylic acids is 1. The largest absolute Gasteiger partial charge is 0.480 e. The Hall–Kier alpha value is -3.64. The number of β-amino-alcohol motifs (C(OH)–C–C–N with tert-alkyl or cyclic N) is 1. The third kappa shape index (κ3) is 7.13. The van der Waals surface area contributed by atoms with Crippen molar-refractivity contribution in [1.82, 2.24) is 24.8 Å². The van der Waals surface area contributed by atoms with Gasteiger partial charge in [0.25, 0.3) is 5.91 Å². The zero-order valence-electron chi connectivity index (χ0n) is 26.6. The highest BCUT2D eigenvalue weighted by molar-refractivity contribution is 6.39. The van der Waals surface area contributed by atoms with Gasteiger partial charge in [0.15, 0.2) is 0 Å². The highest BCUT2D eigenvalue weighted by atomic mass is 35.5. The number of aliphatic hydroxyl groups excluding tert-OH is 2. The van der Waals surface area contributed by atoms with Gasteiger partial charge in [-0.25, -0.2) is 9.97 Å². The van der Waals surface area contributed by atoms with Crippen LogP contribution < -0.4 is 10.1 Å². The van der Waals surface area contributed by atoms with E-state index in [0.717, 1.165) is 48.6 Å². The maximum atomic E-state index is 13.5. The van der Waals surface area contributed by atoms with E-state index in [4.69, 9.17) is 32.9 Å². The van der Waals surface area contributed by atoms with Gasteiger partial charge in [0.2, 0.25) is 5.88 Å². The van der Waals surface area contributed by atoms with Gasteiger partial charge in [0.05, 0.1) is 53.1 Å². The first kappa shape index (κ1) is 33.3. The molecule has 47 heavy (non-hydrogen) atoms. The van der Waals surface area contributed by atoms with E-state index in [2.05, 4.69) is 27.1 Å². The number of nitrogens with one attached hydrogen (secondary N) is 1. The molecule has 1 fully saturated rings. The third-order valence-electron chi connectivity index (χ3n) is 8.73. The summed E-state index contributed by atoms with van der Waals surface area (Å²) in [6.07, 6.45) is 1.64. The molecule has 6 rings (SSSR count). The summed E-state index contributed by atoms with van der Waals surface area (Å²) in [7, 11) is 1.59.